The summed E-state index contributed by atoms with van der Waals surface area (Å²) in [7, 11) is 0. The summed E-state index contributed by atoms with van der Waals surface area (Å²) >= 11 is 0. The zero-order valence-corrected chi connectivity index (χ0v) is 9.89. The number of hydrogen-bond donors (Lipinski definition) is 2. The van der Waals surface area contributed by atoms with Gasteiger partial charge in [-0.3, -0.25) is 9.59 Å². The minimum Gasteiger partial charge on any atom is -0.366 e. The van der Waals surface area contributed by atoms with Crippen molar-refractivity contribution >= 4 is 11.8 Å². The highest BCUT2D eigenvalue weighted by Crippen LogP contribution is 1.97. The maximum atomic E-state index is 10.6. The van der Waals surface area contributed by atoms with Crippen LogP contribution >= 0.6 is 0 Å². The van der Waals surface area contributed by atoms with Gasteiger partial charge in [0.05, 0.1) is 0 Å². The molecule has 0 heterocycles. The van der Waals surface area contributed by atoms with Gasteiger partial charge in [-0.05, 0) is 33.8 Å². The minimum absolute atomic E-state index is 0.123. The van der Waals surface area contributed by atoms with E-state index < -0.39 is 5.91 Å². The van der Waals surface area contributed by atoms with Crippen molar-refractivity contribution in [2.45, 2.75) is 33.2 Å². The third kappa shape index (κ3) is 15.2. The first-order valence-corrected chi connectivity index (χ1v) is 4.50. The Bertz CT molecular complexity index is 250. The molecule has 0 unspecified atom stereocenters. The molecule has 0 radical (unpaired) electrons. The SMILES string of the molecule is C=C(C)C(N)=O.C=CC(=O)NC(C)(C)C. The maximum Gasteiger partial charge on any atom is 0.243 e. The first kappa shape index (κ1) is 15.9. The molecule has 0 aliphatic rings. The molecule has 0 aromatic rings. The van der Waals surface area contributed by atoms with Gasteiger partial charge in [0.1, 0.15) is 0 Å². The van der Waals surface area contributed by atoms with Crippen LogP contribution in [0.25, 0.3) is 0 Å². The lowest BCUT2D eigenvalue weighted by Gasteiger charge is -2.18. The van der Waals surface area contributed by atoms with Crippen molar-refractivity contribution in [1.29, 1.82) is 0 Å². The van der Waals surface area contributed by atoms with Crippen LogP contribution in [0.5, 0.6) is 0 Å². The van der Waals surface area contributed by atoms with E-state index in [9.17, 15) is 9.59 Å². The highest BCUT2D eigenvalue weighted by molar-refractivity contribution is 5.90. The molecule has 4 nitrogen and oxygen atoms in total. The molecule has 0 spiro atoms. The number of primary amides is 1. The molecule has 4 heteroatoms. The predicted molar refractivity (Wildman–Crippen MR) is 62.1 cm³/mol. The van der Waals surface area contributed by atoms with Crippen LogP contribution in [0.1, 0.15) is 27.7 Å². The Balaban J connectivity index is 0. The number of carbonyl (C=O) groups excluding carboxylic acids is 2. The van der Waals surface area contributed by atoms with Crippen LogP contribution in [-0.4, -0.2) is 17.4 Å². The smallest absolute Gasteiger partial charge is 0.243 e. The number of nitrogens with one attached hydrogen (secondary N) is 1. The fraction of sp³-hybridized carbons (Fsp3) is 0.455. The number of nitrogens with two attached hydrogens (primary N) is 1. The molecule has 0 rings (SSSR count). The Labute approximate surface area is 91.2 Å². The van der Waals surface area contributed by atoms with Gasteiger partial charge in [0.25, 0.3) is 0 Å². The number of rotatable bonds is 2. The van der Waals surface area contributed by atoms with Crippen LogP contribution in [0.4, 0.5) is 0 Å². The second-order valence-corrected chi connectivity index (χ2v) is 4.09. The molecule has 0 fully saturated rings. The quantitative estimate of drug-likeness (QED) is 0.674. The number of hydrogen-bond acceptors (Lipinski definition) is 2. The van der Waals surface area contributed by atoms with Crippen LogP contribution in [0.3, 0.4) is 0 Å². The lowest BCUT2D eigenvalue weighted by Crippen LogP contribution is -2.39. The summed E-state index contributed by atoms with van der Waals surface area (Å²) in [6.45, 7) is 14.0. The third-order valence-corrected chi connectivity index (χ3v) is 1.10. The first-order chi connectivity index (χ1) is 6.60. The molecule has 2 amide bonds. The molecule has 0 aliphatic heterocycles. The molecule has 0 aromatic carbocycles. The molecule has 0 saturated heterocycles. The van der Waals surface area contributed by atoms with E-state index in [0.29, 0.717) is 5.57 Å². The largest absolute Gasteiger partial charge is 0.366 e. The van der Waals surface area contributed by atoms with E-state index in [1.807, 2.05) is 20.8 Å². The van der Waals surface area contributed by atoms with Gasteiger partial charge < -0.3 is 11.1 Å². The van der Waals surface area contributed by atoms with E-state index in [1.165, 1.54) is 6.08 Å². The van der Waals surface area contributed by atoms with Crippen LogP contribution < -0.4 is 11.1 Å². The molecular weight excluding hydrogens is 192 g/mol. The molecular formula is C11H20N2O2. The van der Waals surface area contributed by atoms with E-state index >= 15 is 0 Å². The van der Waals surface area contributed by atoms with Gasteiger partial charge in [-0.15, -0.1) is 0 Å². The Morgan fingerprint density at radius 2 is 1.67 bits per heavy atom. The summed E-state index contributed by atoms with van der Waals surface area (Å²) in [5.74, 6) is -0.558. The third-order valence-electron chi connectivity index (χ3n) is 1.10. The van der Waals surface area contributed by atoms with Gasteiger partial charge >= 0.3 is 0 Å². The topological polar surface area (TPSA) is 72.2 Å². The van der Waals surface area contributed by atoms with Gasteiger partial charge in [-0.25, -0.2) is 0 Å². The van der Waals surface area contributed by atoms with Gasteiger partial charge in [-0.1, -0.05) is 13.2 Å². The molecule has 86 valence electrons. The number of amides is 2. The Morgan fingerprint density at radius 3 is 1.73 bits per heavy atom. The standard InChI is InChI=1S/C7H13NO.C4H7NO/c1-5-6(9)8-7(2,3)4;1-3(2)4(5)6/h5H,1H2,2-4H3,(H,8,9);1H2,2H3,(H2,5,6). The van der Waals surface area contributed by atoms with E-state index in [0.717, 1.165) is 0 Å². The Morgan fingerprint density at radius 1 is 1.33 bits per heavy atom. The van der Waals surface area contributed by atoms with Gasteiger partial charge in [0, 0.05) is 11.1 Å². The Hall–Kier alpha value is -1.58. The minimum atomic E-state index is -0.435. The summed E-state index contributed by atoms with van der Waals surface area (Å²) in [4.78, 5) is 20.4. The van der Waals surface area contributed by atoms with E-state index in [2.05, 4.69) is 18.5 Å². The summed E-state index contributed by atoms with van der Waals surface area (Å²) in [5, 5.41) is 2.71. The lowest BCUT2D eigenvalue weighted by atomic mass is 10.1. The summed E-state index contributed by atoms with van der Waals surface area (Å²) < 4.78 is 0. The van der Waals surface area contributed by atoms with E-state index in [1.54, 1.807) is 6.92 Å². The molecule has 0 bridgehead atoms. The highest BCUT2D eigenvalue weighted by Gasteiger charge is 2.10. The second kappa shape index (κ2) is 6.81. The van der Waals surface area contributed by atoms with E-state index in [-0.39, 0.29) is 11.4 Å². The van der Waals surface area contributed by atoms with Gasteiger partial charge in [0.2, 0.25) is 11.8 Å². The zero-order chi connectivity index (χ0) is 12.6. The van der Waals surface area contributed by atoms with E-state index in [4.69, 9.17) is 5.73 Å². The van der Waals surface area contributed by atoms with Crippen LogP contribution in [0.2, 0.25) is 0 Å². The van der Waals surface area contributed by atoms with Crippen LogP contribution in [0.15, 0.2) is 24.8 Å². The maximum absolute atomic E-state index is 10.6. The monoisotopic (exact) mass is 212 g/mol. The lowest BCUT2D eigenvalue weighted by molar-refractivity contribution is -0.118. The normalized spacial score (nSPS) is 9.33. The van der Waals surface area contributed by atoms with Crippen molar-refractivity contribution in [2.75, 3.05) is 0 Å². The fourth-order valence-electron chi connectivity index (χ4n) is 0.421. The molecule has 0 atom stereocenters. The average molecular weight is 212 g/mol. The average Bonchev–Trinajstić information content (AvgIpc) is 2.02. The molecule has 15 heavy (non-hydrogen) atoms. The summed E-state index contributed by atoms with van der Waals surface area (Å²) in [6.07, 6.45) is 1.27. The fourth-order valence-corrected chi connectivity index (χ4v) is 0.421. The summed E-state index contributed by atoms with van der Waals surface area (Å²) in [6, 6.07) is 0. The molecule has 0 aliphatic carbocycles. The van der Waals surface area contributed by atoms with Crippen LogP contribution in [0, 0.1) is 0 Å². The van der Waals surface area contributed by atoms with Crippen molar-refractivity contribution < 1.29 is 9.59 Å². The first-order valence-electron chi connectivity index (χ1n) is 4.50. The predicted octanol–water partition coefficient (Wildman–Crippen LogP) is 1.13. The van der Waals surface area contributed by atoms with Crippen molar-refractivity contribution in [3.63, 3.8) is 0 Å². The summed E-state index contributed by atoms with van der Waals surface area (Å²) in [5.41, 5.74) is 4.95. The molecule has 0 saturated carbocycles. The Kier molecular flexibility index (Phi) is 7.21. The zero-order valence-electron chi connectivity index (χ0n) is 9.89. The van der Waals surface area contributed by atoms with Crippen molar-refractivity contribution in [1.82, 2.24) is 5.32 Å². The van der Waals surface area contributed by atoms with Crippen molar-refractivity contribution in [3.8, 4) is 0 Å². The molecule has 0 aromatic heterocycles. The second-order valence-electron chi connectivity index (χ2n) is 4.09. The van der Waals surface area contributed by atoms with Crippen molar-refractivity contribution in [2.24, 2.45) is 5.73 Å². The molecule has 3 N–H and O–H groups in total. The number of carbonyl (C=O) groups is 2. The van der Waals surface area contributed by atoms with Gasteiger partial charge in [-0.2, -0.15) is 0 Å². The highest BCUT2D eigenvalue weighted by atomic mass is 16.1. The van der Waals surface area contributed by atoms with Crippen molar-refractivity contribution in [3.05, 3.63) is 24.8 Å². The van der Waals surface area contributed by atoms with Crippen LogP contribution in [-0.2, 0) is 9.59 Å². The van der Waals surface area contributed by atoms with Gasteiger partial charge in [0.15, 0.2) is 0 Å².